The standard InChI is InChI=1S/C25H31N7/c1-3-4-7-17(2)28-20-10-11-32(16-20)24-22-8-5-6-9-23(22)30-25(31-24)29-21-13-18(15-26)12-19(27)14-21/h5-6,8-9,12-14,17,20,28H,3-4,7,10-11,16,27H2,1-2H3,(H,29,30,31)/t17?,20-/m0/s1. The number of nitrogen functional groups attached to an aromatic ring is 1. The van der Waals surface area contributed by atoms with Crippen LogP contribution < -0.4 is 21.3 Å². The van der Waals surface area contributed by atoms with Gasteiger partial charge in [-0.05, 0) is 50.1 Å². The van der Waals surface area contributed by atoms with Gasteiger partial charge in [-0.3, -0.25) is 0 Å². The first-order valence-corrected chi connectivity index (χ1v) is 11.4. The highest BCUT2D eigenvalue weighted by Gasteiger charge is 2.26. The zero-order valence-corrected chi connectivity index (χ0v) is 18.8. The molecule has 1 aliphatic rings. The Labute approximate surface area is 189 Å². The summed E-state index contributed by atoms with van der Waals surface area (Å²) >= 11 is 0. The molecular weight excluding hydrogens is 398 g/mol. The van der Waals surface area contributed by atoms with Gasteiger partial charge in [0.25, 0.3) is 0 Å². The predicted octanol–water partition coefficient (Wildman–Crippen LogP) is 4.57. The van der Waals surface area contributed by atoms with E-state index in [-0.39, 0.29) is 0 Å². The van der Waals surface area contributed by atoms with Crippen LogP contribution >= 0.6 is 0 Å². The van der Waals surface area contributed by atoms with E-state index in [2.05, 4.69) is 41.5 Å². The van der Waals surface area contributed by atoms with E-state index in [0.717, 1.165) is 36.2 Å². The summed E-state index contributed by atoms with van der Waals surface area (Å²) in [4.78, 5) is 11.9. The van der Waals surface area contributed by atoms with Gasteiger partial charge < -0.3 is 21.3 Å². The van der Waals surface area contributed by atoms with Crippen molar-refractivity contribution in [2.45, 2.75) is 51.6 Å². The summed E-state index contributed by atoms with van der Waals surface area (Å²) in [5, 5.41) is 17.3. The van der Waals surface area contributed by atoms with Crippen LogP contribution in [0.5, 0.6) is 0 Å². The molecule has 1 fully saturated rings. The van der Waals surface area contributed by atoms with Crippen molar-refractivity contribution in [1.29, 1.82) is 5.26 Å². The molecule has 0 saturated carbocycles. The number of hydrogen-bond donors (Lipinski definition) is 3. The molecule has 1 aliphatic heterocycles. The molecule has 2 aromatic carbocycles. The molecule has 1 aromatic heterocycles. The van der Waals surface area contributed by atoms with Crippen molar-refractivity contribution in [2.75, 3.05) is 29.0 Å². The van der Waals surface area contributed by atoms with Gasteiger partial charge in [0, 0.05) is 41.9 Å². The van der Waals surface area contributed by atoms with Crippen LogP contribution in [0, 0.1) is 11.3 Å². The normalized spacial score (nSPS) is 16.8. The maximum Gasteiger partial charge on any atom is 0.229 e. The Bertz CT molecular complexity index is 1120. The molecule has 0 amide bonds. The Kier molecular flexibility index (Phi) is 6.72. The van der Waals surface area contributed by atoms with E-state index < -0.39 is 0 Å². The number of unbranched alkanes of at least 4 members (excludes halogenated alkanes) is 1. The third-order valence-corrected chi connectivity index (χ3v) is 5.92. The minimum Gasteiger partial charge on any atom is -0.399 e. The average molecular weight is 430 g/mol. The van der Waals surface area contributed by atoms with Gasteiger partial charge in [0.15, 0.2) is 0 Å². The summed E-state index contributed by atoms with van der Waals surface area (Å²) in [5.74, 6) is 1.44. The van der Waals surface area contributed by atoms with Crippen LogP contribution in [0.25, 0.3) is 10.9 Å². The van der Waals surface area contributed by atoms with Gasteiger partial charge in [-0.25, -0.2) is 4.98 Å². The molecule has 0 spiro atoms. The Morgan fingerprint density at radius 2 is 2.09 bits per heavy atom. The van der Waals surface area contributed by atoms with Crippen molar-refractivity contribution < 1.29 is 0 Å². The molecule has 4 rings (SSSR count). The number of aromatic nitrogens is 2. The molecule has 166 valence electrons. The van der Waals surface area contributed by atoms with Gasteiger partial charge in [0.1, 0.15) is 5.82 Å². The van der Waals surface area contributed by atoms with Gasteiger partial charge in [-0.2, -0.15) is 10.2 Å². The lowest BCUT2D eigenvalue weighted by molar-refractivity contribution is 0.436. The van der Waals surface area contributed by atoms with E-state index in [4.69, 9.17) is 15.7 Å². The number of nitriles is 1. The molecule has 1 saturated heterocycles. The number of fused-ring (bicyclic) bond motifs is 1. The molecule has 0 aliphatic carbocycles. The Morgan fingerprint density at radius 3 is 2.91 bits per heavy atom. The van der Waals surface area contributed by atoms with Crippen LogP contribution in [0.3, 0.4) is 0 Å². The van der Waals surface area contributed by atoms with Crippen LogP contribution in [-0.2, 0) is 0 Å². The van der Waals surface area contributed by atoms with E-state index >= 15 is 0 Å². The molecule has 0 bridgehead atoms. The van der Waals surface area contributed by atoms with Crippen molar-refractivity contribution in [2.24, 2.45) is 0 Å². The molecule has 4 N–H and O–H groups in total. The van der Waals surface area contributed by atoms with Crippen molar-refractivity contribution in [3.05, 3.63) is 48.0 Å². The Balaban J connectivity index is 1.58. The fourth-order valence-corrected chi connectivity index (χ4v) is 4.36. The zero-order valence-electron chi connectivity index (χ0n) is 18.8. The number of nitrogens with two attached hydrogens (primary N) is 1. The first-order chi connectivity index (χ1) is 15.6. The number of anilines is 4. The summed E-state index contributed by atoms with van der Waals surface area (Å²) in [6, 6.07) is 16.4. The molecule has 3 aromatic rings. The molecular formula is C25H31N7. The topological polar surface area (TPSA) is 103 Å². The fourth-order valence-electron chi connectivity index (χ4n) is 4.36. The van der Waals surface area contributed by atoms with Crippen molar-refractivity contribution >= 4 is 34.0 Å². The van der Waals surface area contributed by atoms with E-state index in [1.54, 1.807) is 18.2 Å². The second-order valence-corrected chi connectivity index (χ2v) is 8.61. The van der Waals surface area contributed by atoms with E-state index in [1.807, 2.05) is 18.2 Å². The molecule has 2 atom stereocenters. The van der Waals surface area contributed by atoms with Gasteiger partial charge in [-0.1, -0.05) is 31.9 Å². The lowest BCUT2D eigenvalue weighted by atomic mass is 10.1. The number of rotatable bonds is 8. The maximum absolute atomic E-state index is 9.24. The van der Waals surface area contributed by atoms with E-state index in [1.165, 1.54) is 19.3 Å². The van der Waals surface area contributed by atoms with Crippen LogP contribution in [0.15, 0.2) is 42.5 Å². The van der Waals surface area contributed by atoms with Crippen LogP contribution in [0.4, 0.5) is 23.1 Å². The molecule has 1 unspecified atom stereocenters. The summed E-state index contributed by atoms with van der Waals surface area (Å²) in [5.41, 5.74) is 8.56. The molecule has 32 heavy (non-hydrogen) atoms. The van der Waals surface area contributed by atoms with E-state index in [9.17, 15) is 5.26 Å². The average Bonchev–Trinajstić information content (AvgIpc) is 3.24. The number of para-hydroxylation sites is 1. The number of hydrogen-bond acceptors (Lipinski definition) is 7. The zero-order chi connectivity index (χ0) is 22.5. The quantitative estimate of drug-likeness (QED) is 0.451. The van der Waals surface area contributed by atoms with Crippen LogP contribution in [-0.4, -0.2) is 35.1 Å². The van der Waals surface area contributed by atoms with Gasteiger partial charge in [0.2, 0.25) is 5.95 Å². The van der Waals surface area contributed by atoms with Gasteiger partial charge in [-0.15, -0.1) is 0 Å². The minimum atomic E-state index is 0.458. The molecule has 7 heteroatoms. The highest BCUT2D eigenvalue weighted by molar-refractivity contribution is 5.91. The number of nitrogens with zero attached hydrogens (tertiary/aromatic N) is 4. The third kappa shape index (κ3) is 5.09. The molecule has 7 nitrogen and oxygen atoms in total. The molecule has 2 heterocycles. The Morgan fingerprint density at radius 1 is 1.25 bits per heavy atom. The minimum absolute atomic E-state index is 0.458. The monoisotopic (exact) mass is 429 g/mol. The summed E-state index contributed by atoms with van der Waals surface area (Å²) in [6.07, 6.45) is 4.79. The predicted molar refractivity (Wildman–Crippen MR) is 131 cm³/mol. The lowest BCUT2D eigenvalue weighted by Gasteiger charge is -2.22. The van der Waals surface area contributed by atoms with Crippen molar-refractivity contribution in [3.8, 4) is 6.07 Å². The number of benzene rings is 2. The highest BCUT2D eigenvalue weighted by atomic mass is 15.3. The lowest BCUT2D eigenvalue weighted by Crippen LogP contribution is -2.38. The van der Waals surface area contributed by atoms with Crippen LogP contribution in [0.1, 0.15) is 45.1 Å². The third-order valence-electron chi connectivity index (χ3n) is 5.92. The first-order valence-electron chi connectivity index (χ1n) is 11.4. The summed E-state index contributed by atoms with van der Waals surface area (Å²) < 4.78 is 0. The fraction of sp³-hybridized carbons (Fsp3) is 0.400. The summed E-state index contributed by atoms with van der Waals surface area (Å²) in [7, 11) is 0. The van der Waals surface area contributed by atoms with Crippen molar-refractivity contribution in [1.82, 2.24) is 15.3 Å². The van der Waals surface area contributed by atoms with Gasteiger partial charge >= 0.3 is 0 Å². The second kappa shape index (κ2) is 9.84. The largest absolute Gasteiger partial charge is 0.399 e. The SMILES string of the molecule is CCCCC(C)N[C@H]1CCN(c2nc(Nc3cc(N)cc(C#N)c3)nc3ccccc23)C1. The second-order valence-electron chi connectivity index (χ2n) is 8.61. The highest BCUT2D eigenvalue weighted by Crippen LogP contribution is 2.29. The smallest absolute Gasteiger partial charge is 0.229 e. The number of nitrogens with one attached hydrogen (secondary N) is 2. The summed E-state index contributed by atoms with van der Waals surface area (Å²) in [6.45, 7) is 6.39. The van der Waals surface area contributed by atoms with Gasteiger partial charge in [0.05, 0.1) is 17.1 Å². The van der Waals surface area contributed by atoms with Crippen molar-refractivity contribution in [3.63, 3.8) is 0 Å². The maximum atomic E-state index is 9.24. The van der Waals surface area contributed by atoms with E-state index in [0.29, 0.717) is 35.0 Å². The first kappa shape index (κ1) is 21.8. The van der Waals surface area contributed by atoms with Crippen LogP contribution in [0.2, 0.25) is 0 Å². The molecule has 0 radical (unpaired) electrons. The Hall–Kier alpha value is -3.37.